The van der Waals surface area contributed by atoms with Crippen LogP contribution in [-0.4, -0.2) is 43.8 Å². The van der Waals surface area contributed by atoms with Gasteiger partial charge in [-0.25, -0.2) is 8.42 Å². The number of fused-ring (bicyclic) bond motifs is 1. The Balaban J connectivity index is 1.66. The van der Waals surface area contributed by atoms with Gasteiger partial charge in [-0.15, -0.1) is 0 Å². The molecule has 0 saturated carbocycles. The zero-order valence-corrected chi connectivity index (χ0v) is 15.5. The molecule has 1 aliphatic rings. The van der Waals surface area contributed by atoms with E-state index in [4.69, 9.17) is 0 Å². The molecule has 0 radical (unpaired) electrons. The van der Waals surface area contributed by atoms with Gasteiger partial charge in [-0.3, -0.25) is 19.3 Å². The van der Waals surface area contributed by atoms with Crippen LogP contribution in [0.15, 0.2) is 48.5 Å². The first-order chi connectivity index (χ1) is 12.8. The third kappa shape index (κ3) is 4.06. The molecule has 0 bridgehead atoms. The molecule has 0 fully saturated rings. The summed E-state index contributed by atoms with van der Waals surface area (Å²) in [5, 5.41) is 2.55. The topological polar surface area (TPSA) is 101 Å². The van der Waals surface area contributed by atoms with Gasteiger partial charge < -0.3 is 5.32 Å². The third-order valence-electron chi connectivity index (χ3n) is 4.26. The number of nitrogens with one attached hydrogen (secondary N) is 1. The smallest absolute Gasteiger partial charge is 0.263 e. The van der Waals surface area contributed by atoms with Gasteiger partial charge in [0.05, 0.1) is 28.3 Å². The molecule has 2 aromatic rings. The van der Waals surface area contributed by atoms with Crippen LogP contribution in [0, 0.1) is 0 Å². The zero-order chi connectivity index (χ0) is 19.6. The summed E-state index contributed by atoms with van der Waals surface area (Å²) in [6.07, 6.45) is -0.239. The summed E-state index contributed by atoms with van der Waals surface area (Å²) >= 11 is 0. The standard InChI is InChI=1S/C19H18N2O5S/c1-21-18(23)14-8-5-9-15(17(14)19(21)24)20-16(22)10-11-27(25,26)12-13-6-3-2-4-7-13/h2-9H,10-12H2,1H3,(H,20,22). The Bertz CT molecular complexity index is 1020. The van der Waals surface area contributed by atoms with Crippen molar-refractivity contribution < 1.29 is 22.8 Å². The van der Waals surface area contributed by atoms with Crippen LogP contribution in [0.1, 0.15) is 32.7 Å². The average molecular weight is 386 g/mol. The van der Waals surface area contributed by atoms with Gasteiger partial charge in [0.2, 0.25) is 5.91 Å². The van der Waals surface area contributed by atoms with Gasteiger partial charge in [0, 0.05) is 13.5 Å². The molecule has 0 saturated heterocycles. The lowest BCUT2D eigenvalue weighted by molar-refractivity contribution is -0.115. The van der Waals surface area contributed by atoms with Crippen molar-refractivity contribution in [2.75, 3.05) is 18.1 Å². The van der Waals surface area contributed by atoms with Crippen molar-refractivity contribution in [2.45, 2.75) is 12.2 Å². The van der Waals surface area contributed by atoms with Gasteiger partial charge in [0.1, 0.15) is 0 Å². The number of anilines is 1. The van der Waals surface area contributed by atoms with Crippen LogP contribution in [0.5, 0.6) is 0 Å². The molecule has 8 heteroatoms. The van der Waals surface area contributed by atoms with Crippen LogP contribution in [0.4, 0.5) is 5.69 Å². The van der Waals surface area contributed by atoms with Gasteiger partial charge >= 0.3 is 0 Å². The minimum absolute atomic E-state index is 0.130. The maximum Gasteiger partial charge on any atom is 0.263 e. The van der Waals surface area contributed by atoms with Crippen LogP contribution in [0.25, 0.3) is 0 Å². The van der Waals surface area contributed by atoms with Crippen LogP contribution in [0.2, 0.25) is 0 Å². The lowest BCUT2D eigenvalue weighted by Crippen LogP contribution is -2.25. The fourth-order valence-corrected chi connectivity index (χ4v) is 4.21. The summed E-state index contributed by atoms with van der Waals surface area (Å²) in [6.45, 7) is 0. The lowest BCUT2D eigenvalue weighted by Gasteiger charge is -2.09. The van der Waals surface area contributed by atoms with E-state index in [1.807, 2.05) is 0 Å². The quantitative estimate of drug-likeness (QED) is 0.764. The second-order valence-electron chi connectivity index (χ2n) is 6.27. The Kier molecular flexibility index (Phi) is 5.09. The molecule has 0 aliphatic carbocycles. The Morgan fingerprint density at radius 3 is 2.41 bits per heavy atom. The Morgan fingerprint density at radius 2 is 1.70 bits per heavy atom. The molecular formula is C19H18N2O5S. The first kappa shape index (κ1) is 18.8. The number of imide groups is 1. The number of carbonyl (C=O) groups is 3. The van der Waals surface area contributed by atoms with Gasteiger partial charge in [0.25, 0.3) is 11.8 Å². The van der Waals surface area contributed by atoms with Crippen molar-refractivity contribution in [2.24, 2.45) is 0 Å². The minimum atomic E-state index is -3.45. The molecule has 1 aliphatic heterocycles. The van der Waals surface area contributed by atoms with Gasteiger partial charge in [-0.05, 0) is 17.7 Å². The van der Waals surface area contributed by atoms with Crippen molar-refractivity contribution in [3.8, 4) is 0 Å². The van der Waals surface area contributed by atoms with Gasteiger partial charge in [0.15, 0.2) is 9.84 Å². The molecule has 3 amide bonds. The van der Waals surface area contributed by atoms with E-state index >= 15 is 0 Å². The highest BCUT2D eigenvalue weighted by Crippen LogP contribution is 2.28. The van der Waals surface area contributed by atoms with Gasteiger partial charge in [-0.2, -0.15) is 0 Å². The van der Waals surface area contributed by atoms with E-state index in [-0.39, 0.29) is 34.7 Å². The molecule has 2 aromatic carbocycles. The molecule has 0 spiro atoms. The fraction of sp³-hybridized carbons (Fsp3) is 0.211. The molecule has 3 rings (SSSR count). The number of amides is 3. The van der Waals surface area contributed by atoms with E-state index in [1.54, 1.807) is 36.4 Å². The number of benzene rings is 2. The maximum atomic E-state index is 12.2. The zero-order valence-electron chi connectivity index (χ0n) is 14.6. The van der Waals surface area contributed by atoms with E-state index < -0.39 is 27.6 Å². The normalized spacial score (nSPS) is 13.6. The number of hydrogen-bond donors (Lipinski definition) is 1. The molecule has 7 nitrogen and oxygen atoms in total. The van der Waals surface area contributed by atoms with Crippen molar-refractivity contribution in [1.29, 1.82) is 0 Å². The van der Waals surface area contributed by atoms with Crippen LogP contribution in [-0.2, 0) is 20.4 Å². The molecule has 0 unspecified atom stereocenters. The lowest BCUT2D eigenvalue weighted by atomic mass is 10.1. The fourth-order valence-electron chi connectivity index (χ4n) is 2.87. The van der Waals surface area contributed by atoms with Crippen LogP contribution in [0.3, 0.4) is 0 Å². The number of nitrogens with zero attached hydrogens (tertiary/aromatic N) is 1. The van der Waals surface area contributed by atoms with E-state index in [0.29, 0.717) is 5.56 Å². The summed E-state index contributed by atoms with van der Waals surface area (Å²) in [7, 11) is -2.08. The molecule has 1 heterocycles. The number of carbonyl (C=O) groups excluding carboxylic acids is 3. The highest BCUT2D eigenvalue weighted by Gasteiger charge is 2.35. The minimum Gasteiger partial charge on any atom is -0.325 e. The summed E-state index contributed by atoms with van der Waals surface area (Å²) in [5.41, 5.74) is 1.22. The van der Waals surface area contributed by atoms with Crippen LogP contribution >= 0.6 is 0 Å². The molecule has 0 aromatic heterocycles. The first-order valence-electron chi connectivity index (χ1n) is 8.28. The monoisotopic (exact) mass is 386 g/mol. The highest BCUT2D eigenvalue weighted by atomic mass is 32.2. The SMILES string of the molecule is CN1C(=O)c2cccc(NC(=O)CCS(=O)(=O)Cc3ccccc3)c2C1=O. The molecule has 1 N–H and O–H groups in total. The van der Waals surface area contributed by atoms with E-state index in [0.717, 1.165) is 4.90 Å². The maximum absolute atomic E-state index is 12.2. The van der Waals surface area contributed by atoms with E-state index in [2.05, 4.69) is 5.32 Å². The predicted molar refractivity (Wildman–Crippen MR) is 100 cm³/mol. The molecule has 27 heavy (non-hydrogen) atoms. The predicted octanol–water partition coefficient (Wildman–Crippen LogP) is 1.86. The Morgan fingerprint density at radius 1 is 1.00 bits per heavy atom. The second kappa shape index (κ2) is 7.32. The van der Waals surface area contributed by atoms with Crippen LogP contribution < -0.4 is 5.32 Å². The summed E-state index contributed by atoms with van der Waals surface area (Å²) in [4.78, 5) is 37.3. The largest absolute Gasteiger partial charge is 0.325 e. The Hall–Kier alpha value is -3.00. The number of rotatable bonds is 6. The summed E-state index contributed by atoms with van der Waals surface area (Å²) in [5.74, 6) is -1.91. The van der Waals surface area contributed by atoms with Crippen molar-refractivity contribution in [1.82, 2.24) is 4.90 Å². The van der Waals surface area contributed by atoms with Crippen molar-refractivity contribution in [3.63, 3.8) is 0 Å². The van der Waals surface area contributed by atoms with E-state index in [9.17, 15) is 22.8 Å². The highest BCUT2D eigenvalue weighted by molar-refractivity contribution is 7.90. The molecule has 0 atom stereocenters. The average Bonchev–Trinajstić information content (AvgIpc) is 2.86. The van der Waals surface area contributed by atoms with Crippen molar-refractivity contribution in [3.05, 3.63) is 65.2 Å². The molecular weight excluding hydrogens is 368 g/mol. The second-order valence-corrected chi connectivity index (χ2v) is 8.46. The van der Waals surface area contributed by atoms with Gasteiger partial charge in [-0.1, -0.05) is 36.4 Å². The van der Waals surface area contributed by atoms with E-state index in [1.165, 1.54) is 19.2 Å². The number of hydrogen-bond acceptors (Lipinski definition) is 5. The first-order valence-corrected chi connectivity index (χ1v) is 10.1. The Labute approximate surface area is 156 Å². The van der Waals surface area contributed by atoms with Crippen molar-refractivity contribution >= 4 is 33.2 Å². The summed E-state index contributed by atoms with van der Waals surface area (Å²) in [6, 6.07) is 13.3. The summed E-state index contributed by atoms with van der Waals surface area (Å²) < 4.78 is 24.4. The third-order valence-corrected chi connectivity index (χ3v) is 5.86. The number of sulfone groups is 1. The molecule has 140 valence electrons.